The molecule has 0 saturated heterocycles. The van der Waals surface area contributed by atoms with E-state index >= 15 is 0 Å². The second kappa shape index (κ2) is 6.41. The molecule has 1 heteroatoms. The largest absolute Gasteiger partial charge is 0.294 e. The average Bonchev–Trinajstić information content (AvgIpc) is 2.15. The number of hydrogen-bond acceptors (Lipinski definition) is 1. The molecule has 0 aromatic carbocycles. The van der Waals surface area contributed by atoms with E-state index in [4.69, 9.17) is 0 Å². The molecule has 0 radical (unpaired) electrons. The molecule has 0 heterocycles. The van der Waals surface area contributed by atoms with Crippen LogP contribution in [-0.2, 0) is 4.79 Å². The van der Waals surface area contributed by atoms with E-state index in [9.17, 15) is 4.79 Å². The highest BCUT2D eigenvalue weighted by molar-refractivity contribution is 6.00. The summed E-state index contributed by atoms with van der Waals surface area (Å²) < 4.78 is 0. The lowest BCUT2D eigenvalue weighted by atomic mass is 9.89. The molecule has 1 rings (SSSR count). The van der Waals surface area contributed by atoms with Crippen LogP contribution >= 0.6 is 0 Å². The van der Waals surface area contributed by atoms with Crippen LogP contribution in [0.5, 0.6) is 0 Å². The molecule has 1 aliphatic carbocycles. The van der Waals surface area contributed by atoms with Gasteiger partial charge >= 0.3 is 0 Å². The molecule has 0 unspecified atom stereocenters. The minimum absolute atomic E-state index is 0.209. The molecule has 1 saturated carbocycles. The van der Waals surface area contributed by atoms with E-state index in [0.717, 1.165) is 24.0 Å². The maximum atomic E-state index is 11.2. The van der Waals surface area contributed by atoms with E-state index in [1.54, 1.807) is 12.2 Å². The summed E-state index contributed by atoms with van der Waals surface area (Å²) in [4.78, 5) is 11.2. The van der Waals surface area contributed by atoms with Crippen LogP contribution in [0.4, 0.5) is 0 Å². The van der Waals surface area contributed by atoms with Crippen molar-refractivity contribution in [1.82, 2.24) is 0 Å². The van der Waals surface area contributed by atoms with Gasteiger partial charge in [-0.05, 0) is 18.4 Å². The summed E-state index contributed by atoms with van der Waals surface area (Å²) in [5.74, 6) is 0.209. The third-order valence-electron chi connectivity index (χ3n) is 1.85. The highest BCUT2D eigenvalue weighted by Crippen LogP contribution is 2.24. The van der Waals surface area contributed by atoms with Crippen LogP contribution in [0.2, 0.25) is 0 Å². The summed E-state index contributed by atoms with van der Waals surface area (Å²) in [7, 11) is 0. The zero-order valence-electron chi connectivity index (χ0n) is 8.60. The first-order chi connectivity index (χ1) is 6.25. The number of Topliss-reactive ketones (excluding diaryl/α,β-unsaturated/α-hetero) is 1. The molecule has 0 aromatic rings. The lowest BCUT2D eigenvalue weighted by Crippen LogP contribution is -2.10. The monoisotopic (exact) mass is 178 g/mol. The third-order valence-corrected chi connectivity index (χ3v) is 1.85. The molecule has 0 amide bonds. The van der Waals surface area contributed by atoms with Crippen LogP contribution in [0.3, 0.4) is 0 Å². The van der Waals surface area contributed by atoms with Gasteiger partial charge in [0.05, 0.1) is 0 Å². The summed E-state index contributed by atoms with van der Waals surface area (Å²) in [6.07, 6.45) is 5.96. The van der Waals surface area contributed by atoms with Gasteiger partial charge in [-0.2, -0.15) is 0 Å². The molecule has 1 aliphatic rings. The predicted octanol–water partition coefficient (Wildman–Crippen LogP) is 3.43. The highest BCUT2D eigenvalue weighted by atomic mass is 16.1. The fourth-order valence-electron chi connectivity index (χ4n) is 1.26. The fraction of sp³-hybridized carbons (Fsp3) is 0.417. The minimum atomic E-state index is 0.209. The highest BCUT2D eigenvalue weighted by Gasteiger charge is 2.16. The first-order valence-corrected chi connectivity index (χ1v) is 4.80. The van der Waals surface area contributed by atoms with Crippen LogP contribution in [0, 0.1) is 0 Å². The SMILES string of the molecule is C=C/C=C1\C(=C)CCCC1=O.CC. The number of ketones is 1. The van der Waals surface area contributed by atoms with Gasteiger partial charge in [0.15, 0.2) is 5.78 Å². The van der Waals surface area contributed by atoms with Crippen molar-refractivity contribution in [2.75, 3.05) is 0 Å². The van der Waals surface area contributed by atoms with Crippen LogP contribution < -0.4 is 0 Å². The second-order valence-corrected chi connectivity index (χ2v) is 2.70. The van der Waals surface area contributed by atoms with Crippen molar-refractivity contribution in [3.05, 3.63) is 36.5 Å². The number of carbonyl (C=O) groups excluding carboxylic acids is 1. The van der Waals surface area contributed by atoms with Crippen molar-refractivity contribution in [2.24, 2.45) is 0 Å². The lowest BCUT2D eigenvalue weighted by Gasteiger charge is -2.14. The Labute approximate surface area is 80.8 Å². The van der Waals surface area contributed by atoms with Gasteiger partial charge in [-0.25, -0.2) is 0 Å². The predicted molar refractivity (Wildman–Crippen MR) is 57.6 cm³/mol. The summed E-state index contributed by atoms with van der Waals surface area (Å²) >= 11 is 0. The quantitative estimate of drug-likeness (QED) is 0.562. The van der Waals surface area contributed by atoms with Gasteiger partial charge in [0.2, 0.25) is 0 Å². The first kappa shape index (κ1) is 11.9. The van der Waals surface area contributed by atoms with Gasteiger partial charge in [-0.15, -0.1) is 0 Å². The Hall–Kier alpha value is -1.11. The van der Waals surface area contributed by atoms with Crippen LogP contribution in [0.25, 0.3) is 0 Å². The fourth-order valence-corrected chi connectivity index (χ4v) is 1.26. The van der Waals surface area contributed by atoms with Crippen molar-refractivity contribution in [2.45, 2.75) is 33.1 Å². The Balaban J connectivity index is 0.000000671. The molecule has 1 nitrogen and oxygen atoms in total. The third kappa shape index (κ3) is 3.41. The Morgan fingerprint density at radius 3 is 2.38 bits per heavy atom. The maximum Gasteiger partial charge on any atom is 0.163 e. The van der Waals surface area contributed by atoms with Gasteiger partial charge in [-0.1, -0.05) is 39.2 Å². The van der Waals surface area contributed by atoms with Crippen LogP contribution in [-0.4, -0.2) is 5.78 Å². The molecule has 72 valence electrons. The molecule has 0 atom stereocenters. The van der Waals surface area contributed by atoms with E-state index in [2.05, 4.69) is 13.2 Å². The smallest absolute Gasteiger partial charge is 0.163 e. The Bertz CT molecular complexity index is 216. The normalized spacial score (nSPS) is 19.4. The standard InChI is InChI=1S/C10H12O.C2H6/c1-3-5-9-8(2)6-4-7-10(9)11;1-2/h3,5H,1-2,4,6-7H2;1-2H3/b9-5+;. The van der Waals surface area contributed by atoms with Gasteiger partial charge in [0.1, 0.15) is 0 Å². The summed E-state index contributed by atoms with van der Waals surface area (Å²) in [6, 6.07) is 0. The number of hydrogen-bond donors (Lipinski definition) is 0. The molecule has 0 aliphatic heterocycles. The Morgan fingerprint density at radius 1 is 1.31 bits per heavy atom. The summed E-state index contributed by atoms with van der Waals surface area (Å²) in [6.45, 7) is 11.4. The Kier molecular flexibility index (Phi) is 5.86. The number of carbonyl (C=O) groups is 1. The number of rotatable bonds is 1. The van der Waals surface area contributed by atoms with Crippen molar-refractivity contribution in [3.8, 4) is 0 Å². The lowest BCUT2D eigenvalue weighted by molar-refractivity contribution is -0.115. The summed E-state index contributed by atoms with van der Waals surface area (Å²) in [5, 5.41) is 0. The second-order valence-electron chi connectivity index (χ2n) is 2.70. The molecule has 1 fully saturated rings. The van der Waals surface area contributed by atoms with Crippen LogP contribution in [0.15, 0.2) is 36.5 Å². The van der Waals surface area contributed by atoms with E-state index in [-0.39, 0.29) is 5.78 Å². The van der Waals surface area contributed by atoms with Crippen molar-refractivity contribution in [3.63, 3.8) is 0 Å². The molecule has 0 spiro atoms. The van der Waals surface area contributed by atoms with Crippen LogP contribution in [0.1, 0.15) is 33.1 Å². The van der Waals surface area contributed by atoms with Gasteiger partial charge in [0, 0.05) is 12.0 Å². The molecule has 0 N–H and O–H groups in total. The Morgan fingerprint density at radius 2 is 1.92 bits per heavy atom. The molecule has 0 bridgehead atoms. The van der Waals surface area contributed by atoms with Crippen molar-refractivity contribution < 1.29 is 4.79 Å². The van der Waals surface area contributed by atoms with Crippen molar-refractivity contribution >= 4 is 5.78 Å². The van der Waals surface area contributed by atoms with Gasteiger partial charge < -0.3 is 0 Å². The molecular formula is C12H18O. The molecule has 0 aromatic heterocycles. The van der Waals surface area contributed by atoms with Gasteiger partial charge in [-0.3, -0.25) is 4.79 Å². The van der Waals surface area contributed by atoms with E-state index in [1.807, 2.05) is 13.8 Å². The summed E-state index contributed by atoms with van der Waals surface area (Å²) in [5.41, 5.74) is 1.73. The maximum absolute atomic E-state index is 11.2. The number of allylic oxidation sites excluding steroid dienone is 4. The minimum Gasteiger partial charge on any atom is -0.294 e. The van der Waals surface area contributed by atoms with Crippen molar-refractivity contribution in [1.29, 1.82) is 0 Å². The molecular weight excluding hydrogens is 160 g/mol. The topological polar surface area (TPSA) is 17.1 Å². The first-order valence-electron chi connectivity index (χ1n) is 4.80. The van der Waals surface area contributed by atoms with E-state index in [0.29, 0.717) is 6.42 Å². The zero-order chi connectivity index (χ0) is 10.3. The molecule has 13 heavy (non-hydrogen) atoms. The van der Waals surface area contributed by atoms with E-state index < -0.39 is 0 Å². The zero-order valence-corrected chi connectivity index (χ0v) is 8.60. The van der Waals surface area contributed by atoms with Gasteiger partial charge in [0.25, 0.3) is 0 Å². The average molecular weight is 178 g/mol. The van der Waals surface area contributed by atoms with E-state index in [1.165, 1.54) is 0 Å².